The van der Waals surface area contributed by atoms with E-state index in [0.717, 1.165) is 12.0 Å². The summed E-state index contributed by atoms with van der Waals surface area (Å²) in [4.78, 5) is 9.17. The van der Waals surface area contributed by atoms with Crippen LogP contribution in [0.2, 0.25) is 0 Å². The van der Waals surface area contributed by atoms with E-state index in [-0.39, 0.29) is 16.6 Å². The molecule has 152 valence electrons. The fourth-order valence-corrected chi connectivity index (χ4v) is 4.68. The van der Waals surface area contributed by atoms with Crippen LogP contribution >= 0.6 is 0 Å². The van der Waals surface area contributed by atoms with E-state index in [1.54, 1.807) is 30.3 Å². The first-order valence-electron chi connectivity index (χ1n) is 10.0. The van der Waals surface area contributed by atoms with Gasteiger partial charge in [0, 0.05) is 0 Å². The standard InChI is InChI=1S/C22H25N3O3S/c1-16-10-12-18(13-11-16)29(26,27)25-21-22(28-15-14-17-6-2-3-7-17)24-20-9-5-4-8-19(20)23-21/h4-5,8-13,17H,2-3,6-7,14-15H2,1H3,(H,23,25). The molecule has 1 aliphatic rings. The Bertz CT molecular complexity index is 1090. The molecule has 1 aliphatic carbocycles. The van der Waals surface area contributed by atoms with Crippen LogP contribution in [0.5, 0.6) is 5.88 Å². The Balaban J connectivity index is 1.61. The second-order valence-electron chi connectivity index (χ2n) is 7.57. The van der Waals surface area contributed by atoms with Crippen molar-refractivity contribution in [3.05, 3.63) is 54.1 Å². The summed E-state index contributed by atoms with van der Waals surface area (Å²) in [5, 5.41) is 0. The van der Waals surface area contributed by atoms with Crippen molar-refractivity contribution >= 4 is 26.9 Å². The second kappa shape index (κ2) is 8.37. The molecule has 0 bridgehead atoms. The van der Waals surface area contributed by atoms with Gasteiger partial charge in [0.1, 0.15) is 0 Å². The maximum absolute atomic E-state index is 12.8. The molecule has 3 aromatic rings. The molecule has 0 saturated heterocycles. The second-order valence-corrected chi connectivity index (χ2v) is 9.25. The number of sulfonamides is 1. The first-order valence-corrected chi connectivity index (χ1v) is 11.5. The van der Waals surface area contributed by atoms with E-state index in [9.17, 15) is 8.42 Å². The summed E-state index contributed by atoms with van der Waals surface area (Å²) in [5.41, 5.74) is 2.27. The third kappa shape index (κ3) is 4.67. The van der Waals surface area contributed by atoms with Crippen molar-refractivity contribution in [2.45, 2.75) is 43.9 Å². The maximum Gasteiger partial charge on any atom is 0.263 e. The van der Waals surface area contributed by atoms with Gasteiger partial charge in [0.25, 0.3) is 15.9 Å². The number of aromatic nitrogens is 2. The Morgan fingerprint density at radius 1 is 1.00 bits per heavy atom. The molecular formula is C22H25N3O3S. The van der Waals surface area contributed by atoms with Gasteiger partial charge in [-0.05, 0) is 43.5 Å². The quantitative estimate of drug-likeness (QED) is 0.609. The predicted molar refractivity (Wildman–Crippen MR) is 114 cm³/mol. The molecule has 6 nitrogen and oxygen atoms in total. The number of hydrogen-bond acceptors (Lipinski definition) is 5. The van der Waals surface area contributed by atoms with Gasteiger partial charge in [-0.2, -0.15) is 0 Å². The number of aryl methyl sites for hydroxylation is 1. The van der Waals surface area contributed by atoms with Crippen molar-refractivity contribution in [3.8, 4) is 5.88 Å². The summed E-state index contributed by atoms with van der Waals surface area (Å²) in [7, 11) is -3.79. The lowest BCUT2D eigenvalue weighted by atomic mass is 10.1. The van der Waals surface area contributed by atoms with Gasteiger partial charge < -0.3 is 4.74 Å². The number of hydrogen-bond donors (Lipinski definition) is 1. The number of benzene rings is 2. The lowest BCUT2D eigenvalue weighted by Crippen LogP contribution is -2.16. The Morgan fingerprint density at radius 3 is 2.34 bits per heavy atom. The molecule has 1 saturated carbocycles. The van der Waals surface area contributed by atoms with Gasteiger partial charge in [0.05, 0.1) is 22.5 Å². The zero-order valence-electron chi connectivity index (χ0n) is 16.5. The van der Waals surface area contributed by atoms with E-state index >= 15 is 0 Å². The molecule has 2 aromatic carbocycles. The predicted octanol–water partition coefficient (Wildman–Crippen LogP) is 4.70. The molecule has 0 atom stereocenters. The van der Waals surface area contributed by atoms with E-state index in [0.29, 0.717) is 23.6 Å². The van der Waals surface area contributed by atoms with Crippen molar-refractivity contribution in [1.82, 2.24) is 9.97 Å². The topological polar surface area (TPSA) is 81.2 Å². The smallest absolute Gasteiger partial charge is 0.263 e. The van der Waals surface area contributed by atoms with Gasteiger partial charge in [0.2, 0.25) is 5.82 Å². The monoisotopic (exact) mass is 411 g/mol. The largest absolute Gasteiger partial charge is 0.475 e. The minimum Gasteiger partial charge on any atom is -0.475 e. The highest BCUT2D eigenvalue weighted by molar-refractivity contribution is 7.92. The van der Waals surface area contributed by atoms with Crippen molar-refractivity contribution < 1.29 is 13.2 Å². The van der Waals surface area contributed by atoms with E-state index in [1.807, 2.05) is 25.1 Å². The molecule has 1 N–H and O–H groups in total. The summed E-state index contributed by atoms with van der Waals surface area (Å²) in [6.45, 7) is 2.41. The van der Waals surface area contributed by atoms with Gasteiger partial charge in [-0.15, -0.1) is 0 Å². The molecule has 0 radical (unpaired) electrons. The highest BCUT2D eigenvalue weighted by Crippen LogP contribution is 2.29. The third-order valence-corrected chi connectivity index (χ3v) is 6.70. The Kier molecular flexibility index (Phi) is 5.67. The molecule has 0 amide bonds. The third-order valence-electron chi connectivity index (χ3n) is 5.34. The van der Waals surface area contributed by atoms with Gasteiger partial charge in [-0.1, -0.05) is 55.5 Å². The summed E-state index contributed by atoms with van der Waals surface area (Å²) in [6, 6.07) is 14.0. The minimum atomic E-state index is -3.79. The molecule has 0 aliphatic heterocycles. The highest BCUT2D eigenvalue weighted by atomic mass is 32.2. The fraction of sp³-hybridized carbons (Fsp3) is 0.364. The summed E-state index contributed by atoms with van der Waals surface area (Å²) >= 11 is 0. The minimum absolute atomic E-state index is 0.121. The van der Waals surface area contributed by atoms with Crippen molar-refractivity contribution in [2.24, 2.45) is 5.92 Å². The van der Waals surface area contributed by atoms with Gasteiger partial charge in [0.15, 0.2) is 0 Å². The number of nitrogens with zero attached hydrogens (tertiary/aromatic N) is 2. The molecule has 1 heterocycles. The molecule has 0 spiro atoms. The van der Waals surface area contributed by atoms with Crippen LogP contribution in [-0.4, -0.2) is 25.0 Å². The number of ether oxygens (including phenoxy) is 1. The SMILES string of the molecule is Cc1ccc(S(=O)(=O)Nc2nc3ccccc3nc2OCCC2CCCC2)cc1. The molecule has 29 heavy (non-hydrogen) atoms. The van der Waals surface area contributed by atoms with Crippen LogP contribution in [-0.2, 0) is 10.0 Å². The van der Waals surface area contributed by atoms with E-state index in [1.165, 1.54) is 25.7 Å². The van der Waals surface area contributed by atoms with Crippen molar-refractivity contribution in [2.75, 3.05) is 11.3 Å². The molecule has 1 aromatic heterocycles. The zero-order chi connectivity index (χ0) is 20.3. The van der Waals surface area contributed by atoms with Gasteiger partial charge >= 0.3 is 0 Å². The summed E-state index contributed by atoms with van der Waals surface area (Å²) < 4.78 is 34.2. The first-order chi connectivity index (χ1) is 14.0. The Hall–Kier alpha value is -2.67. The molecule has 0 unspecified atom stereocenters. The average molecular weight is 412 g/mol. The first kappa shape index (κ1) is 19.6. The van der Waals surface area contributed by atoms with Crippen LogP contribution in [0.25, 0.3) is 11.0 Å². The Morgan fingerprint density at radius 2 is 1.66 bits per heavy atom. The van der Waals surface area contributed by atoms with E-state index < -0.39 is 10.0 Å². The van der Waals surface area contributed by atoms with Crippen LogP contribution < -0.4 is 9.46 Å². The number of para-hydroxylation sites is 2. The Labute approximate surface area is 171 Å². The van der Waals surface area contributed by atoms with Crippen LogP contribution in [0.1, 0.15) is 37.7 Å². The number of nitrogens with one attached hydrogen (secondary N) is 1. The molecule has 7 heteroatoms. The molecular weight excluding hydrogens is 386 g/mol. The fourth-order valence-electron chi connectivity index (χ4n) is 3.68. The molecule has 4 rings (SSSR count). The number of fused-ring (bicyclic) bond motifs is 1. The van der Waals surface area contributed by atoms with Gasteiger partial charge in [-0.3, -0.25) is 4.72 Å². The zero-order valence-corrected chi connectivity index (χ0v) is 17.3. The normalized spacial score (nSPS) is 14.9. The maximum atomic E-state index is 12.8. The highest BCUT2D eigenvalue weighted by Gasteiger charge is 2.20. The lowest BCUT2D eigenvalue weighted by molar-refractivity contribution is 0.271. The van der Waals surface area contributed by atoms with Gasteiger partial charge in [-0.25, -0.2) is 18.4 Å². The summed E-state index contributed by atoms with van der Waals surface area (Å²) in [5.74, 6) is 1.02. The van der Waals surface area contributed by atoms with E-state index in [4.69, 9.17) is 4.74 Å². The summed E-state index contributed by atoms with van der Waals surface area (Å²) in [6.07, 6.45) is 5.97. The van der Waals surface area contributed by atoms with E-state index in [2.05, 4.69) is 14.7 Å². The lowest BCUT2D eigenvalue weighted by Gasteiger charge is -2.14. The van der Waals surface area contributed by atoms with Crippen molar-refractivity contribution in [1.29, 1.82) is 0 Å². The van der Waals surface area contributed by atoms with Crippen LogP contribution in [0.3, 0.4) is 0 Å². The number of rotatable bonds is 7. The number of anilines is 1. The van der Waals surface area contributed by atoms with Crippen LogP contribution in [0.4, 0.5) is 5.82 Å². The van der Waals surface area contributed by atoms with Crippen LogP contribution in [0.15, 0.2) is 53.4 Å². The van der Waals surface area contributed by atoms with Crippen LogP contribution in [0, 0.1) is 12.8 Å². The average Bonchev–Trinajstić information content (AvgIpc) is 3.22. The molecule has 1 fully saturated rings. The van der Waals surface area contributed by atoms with Crippen molar-refractivity contribution in [3.63, 3.8) is 0 Å².